The van der Waals surface area contributed by atoms with Gasteiger partial charge in [-0.2, -0.15) is 0 Å². The third kappa shape index (κ3) is 5.79. The van der Waals surface area contributed by atoms with E-state index in [1.54, 1.807) is 49.8 Å². The highest BCUT2D eigenvalue weighted by Gasteiger charge is 2.35. The van der Waals surface area contributed by atoms with E-state index in [9.17, 15) is 14.4 Å². The Morgan fingerprint density at radius 1 is 1.09 bits per heavy atom. The Balaban J connectivity index is 1.31. The summed E-state index contributed by atoms with van der Waals surface area (Å²) in [6.45, 7) is 3.76. The maximum absolute atomic E-state index is 13.1. The van der Waals surface area contributed by atoms with Crippen LogP contribution in [0.25, 0.3) is 0 Å². The van der Waals surface area contributed by atoms with Crippen LogP contribution in [0.3, 0.4) is 0 Å². The second-order valence-electron chi connectivity index (χ2n) is 8.19. The predicted octanol–water partition coefficient (Wildman–Crippen LogP) is -0.0370. The smallest absolute Gasteiger partial charge is 0.243 e. The van der Waals surface area contributed by atoms with Crippen LogP contribution in [-0.2, 0) is 14.4 Å². The summed E-state index contributed by atoms with van der Waals surface area (Å²) in [5.74, 6) is 0.571. The van der Waals surface area contributed by atoms with Gasteiger partial charge in [-0.15, -0.1) is 0 Å². The summed E-state index contributed by atoms with van der Waals surface area (Å²) < 4.78 is 5.12. The zero-order valence-corrected chi connectivity index (χ0v) is 19.1. The van der Waals surface area contributed by atoms with Crippen LogP contribution in [0.2, 0.25) is 0 Å². The fraction of sp³-hybridized carbons (Fsp3) is 0.435. The number of ether oxygens (including phenoxy) is 1. The van der Waals surface area contributed by atoms with E-state index in [4.69, 9.17) is 4.74 Å². The van der Waals surface area contributed by atoms with Crippen molar-refractivity contribution < 1.29 is 19.1 Å². The summed E-state index contributed by atoms with van der Waals surface area (Å²) in [5.41, 5.74) is 0.597. The number of piperazine rings is 2. The van der Waals surface area contributed by atoms with Crippen LogP contribution >= 0.6 is 0 Å². The average molecular weight is 468 g/mol. The van der Waals surface area contributed by atoms with Crippen molar-refractivity contribution in [3.63, 3.8) is 0 Å². The Kier molecular flexibility index (Phi) is 7.53. The monoisotopic (exact) mass is 467 g/mol. The minimum Gasteiger partial charge on any atom is -0.497 e. The van der Waals surface area contributed by atoms with E-state index < -0.39 is 6.04 Å². The molecule has 3 heterocycles. The van der Waals surface area contributed by atoms with Crippen LogP contribution in [0.15, 0.2) is 42.7 Å². The van der Waals surface area contributed by atoms with Gasteiger partial charge in [0.25, 0.3) is 0 Å². The molecule has 2 aliphatic rings. The summed E-state index contributed by atoms with van der Waals surface area (Å²) in [7, 11) is 1.57. The quantitative estimate of drug-likeness (QED) is 0.582. The maximum atomic E-state index is 13.1. The first-order valence-electron chi connectivity index (χ1n) is 11.3. The summed E-state index contributed by atoms with van der Waals surface area (Å²) in [4.78, 5) is 52.5. The fourth-order valence-electron chi connectivity index (χ4n) is 4.12. The number of nitrogens with one attached hydrogen (secondary N) is 2. The second-order valence-corrected chi connectivity index (χ2v) is 8.19. The minimum atomic E-state index is -0.835. The topological polar surface area (TPSA) is 120 Å². The molecule has 11 heteroatoms. The highest BCUT2D eigenvalue weighted by atomic mass is 16.5. The molecule has 1 atom stereocenters. The lowest BCUT2D eigenvalue weighted by atomic mass is 10.1. The van der Waals surface area contributed by atoms with Crippen molar-refractivity contribution in [3.05, 3.63) is 42.7 Å². The molecule has 180 valence electrons. The molecule has 2 aliphatic heterocycles. The molecule has 11 nitrogen and oxygen atoms in total. The molecule has 0 bridgehead atoms. The van der Waals surface area contributed by atoms with Gasteiger partial charge in [0.1, 0.15) is 11.8 Å². The zero-order chi connectivity index (χ0) is 23.9. The van der Waals surface area contributed by atoms with Gasteiger partial charge in [0.2, 0.25) is 23.7 Å². The van der Waals surface area contributed by atoms with Crippen LogP contribution in [0.4, 0.5) is 11.6 Å². The number of anilines is 2. The molecular formula is C23H29N7O4. The van der Waals surface area contributed by atoms with Crippen LogP contribution < -0.4 is 20.3 Å². The molecule has 1 aromatic carbocycles. The van der Waals surface area contributed by atoms with Gasteiger partial charge in [-0.05, 0) is 30.3 Å². The first kappa shape index (κ1) is 23.4. The van der Waals surface area contributed by atoms with Crippen LogP contribution in [0, 0.1) is 0 Å². The zero-order valence-electron chi connectivity index (χ0n) is 19.1. The number of nitrogens with zero attached hydrogens (tertiary/aromatic N) is 5. The van der Waals surface area contributed by atoms with E-state index in [-0.39, 0.29) is 30.7 Å². The fourth-order valence-corrected chi connectivity index (χ4v) is 4.12. The summed E-state index contributed by atoms with van der Waals surface area (Å²) in [6, 6.07) is 7.87. The number of methoxy groups -OCH3 is 1. The van der Waals surface area contributed by atoms with Crippen LogP contribution in [-0.4, -0.2) is 96.5 Å². The molecular weight excluding hydrogens is 438 g/mol. The van der Waals surface area contributed by atoms with Gasteiger partial charge in [-0.3, -0.25) is 19.3 Å². The number of rotatable bonds is 7. The molecule has 1 aromatic heterocycles. The number of hydrogen-bond donors (Lipinski definition) is 2. The Bertz CT molecular complexity index is 994. The SMILES string of the molecule is COc1ccc(NC(=O)CC2C(=O)NCCN2C(=O)CN2CCN(c3ncccn3)CC2)cc1. The van der Waals surface area contributed by atoms with E-state index in [1.807, 2.05) is 0 Å². The molecule has 2 fully saturated rings. The highest BCUT2D eigenvalue weighted by molar-refractivity contribution is 5.97. The third-order valence-corrected chi connectivity index (χ3v) is 5.97. The maximum Gasteiger partial charge on any atom is 0.243 e. The van der Waals surface area contributed by atoms with Crippen molar-refractivity contribution >= 4 is 29.4 Å². The summed E-state index contributed by atoms with van der Waals surface area (Å²) in [5, 5.41) is 5.55. The summed E-state index contributed by atoms with van der Waals surface area (Å²) >= 11 is 0. The second kappa shape index (κ2) is 10.9. The van der Waals surface area contributed by atoms with Gasteiger partial charge < -0.3 is 25.2 Å². The largest absolute Gasteiger partial charge is 0.497 e. The Labute approximate surface area is 198 Å². The van der Waals surface area contributed by atoms with Gasteiger partial charge in [-0.25, -0.2) is 9.97 Å². The highest BCUT2D eigenvalue weighted by Crippen LogP contribution is 2.17. The van der Waals surface area contributed by atoms with E-state index in [1.165, 1.54) is 4.90 Å². The first-order chi connectivity index (χ1) is 16.5. The van der Waals surface area contributed by atoms with Crippen LogP contribution in [0.5, 0.6) is 5.75 Å². The van der Waals surface area contributed by atoms with Gasteiger partial charge in [-0.1, -0.05) is 0 Å². The van der Waals surface area contributed by atoms with Gasteiger partial charge >= 0.3 is 0 Å². The number of amides is 3. The summed E-state index contributed by atoms with van der Waals surface area (Å²) in [6.07, 6.45) is 3.32. The van der Waals surface area contributed by atoms with Crippen molar-refractivity contribution in [3.8, 4) is 5.75 Å². The molecule has 0 spiro atoms. The van der Waals surface area contributed by atoms with Gasteiger partial charge in [0, 0.05) is 57.3 Å². The van der Waals surface area contributed by atoms with E-state index >= 15 is 0 Å². The third-order valence-electron chi connectivity index (χ3n) is 5.97. The lowest BCUT2D eigenvalue weighted by Crippen LogP contribution is -2.60. The Morgan fingerprint density at radius 2 is 1.79 bits per heavy atom. The van der Waals surface area contributed by atoms with Crippen molar-refractivity contribution in [2.75, 3.05) is 63.1 Å². The molecule has 2 N–H and O–H groups in total. The molecule has 34 heavy (non-hydrogen) atoms. The van der Waals surface area contributed by atoms with Crippen molar-refractivity contribution in [1.82, 2.24) is 25.1 Å². The number of carbonyl (C=O) groups excluding carboxylic acids is 3. The molecule has 2 saturated heterocycles. The number of carbonyl (C=O) groups is 3. The molecule has 0 saturated carbocycles. The minimum absolute atomic E-state index is 0.108. The number of aromatic nitrogens is 2. The van der Waals surface area contributed by atoms with E-state index in [2.05, 4.69) is 30.4 Å². The molecule has 0 aliphatic carbocycles. The Morgan fingerprint density at radius 3 is 2.47 bits per heavy atom. The molecule has 3 amide bonds. The molecule has 1 unspecified atom stereocenters. The van der Waals surface area contributed by atoms with E-state index in [0.717, 1.165) is 0 Å². The van der Waals surface area contributed by atoms with Gasteiger partial charge in [0.05, 0.1) is 20.1 Å². The normalized spacial score (nSPS) is 18.9. The standard InChI is InChI=1S/C23H29N7O4/c1-34-18-5-3-17(4-6-18)27-20(31)15-19-22(33)24-9-10-30(19)21(32)16-28-11-13-29(14-12-28)23-25-7-2-8-26-23/h2-8,19H,9-16H2,1H3,(H,24,33)(H,27,31). The van der Waals surface area contributed by atoms with Crippen molar-refractivity contribution in [2.45, 2.75) is 12.5 Å². The molecule has 0 radical (unpaired) electrons. The molecule has 2 aromatic rings. The van der Waals surface area contributed by atoms with Crippen molar-refractivity contribution in [1.29, 1.82) is 0 Å². The number of benzene rings is 1. The lowest BCUT2D eigenvalue weighted by molar-refractivity contribution is -0.145. The average Bonchev–Trinajstić information content (AvgIpc) is 2.86. The first-order valence-corrected chi connectivity index (χ1v) is 11.3. The predicted molar refractivity (Wildman–Crippen MR) is 125 cm³/mol. The van der Waals surface area contributed by atoms with Gasteiger partial charge in [0.15, 0.2) is 0 Å². The van der Waals surface area contributed by atoms with E-state index in [0.29, 0.717) is 56.7 Å². The Hall–Kier alpha value is -3.73. The van der Waals surface area contributed by atoms with Crippen molar-refractivity contribution in [2.24, 2.45) is 0 Å². The molecule has 4 rings (SSSR count). The lowest BCUT2D eigenvalue weighted by Gasteiger charge is -2.38. The van der Waals surface area contributed by atoms with Crippen LogP contribution in [0.1, 0.15) is 6.42 Å². The number of hydrogen-bond acceptors (Lipinski definition) is 8.